The Labute approximate surface area is 174 Å². The fraction of sp³-hybridized carbons (Fsp3) is 0.524. The zero-order valence-electron chi connectivity index (χ0n) is 17.2. The summed E-state index contributed by atoms with van der Waals surface area (Å²) in [4.78, 5) is 27.8. The van der Waals surface area contributed by atoms with Gasteiger partial charge in [0.2, 0.25) is 11.7 Å². The maximum absolute atomic E-state index is 13.1. The highest BCUT2D eigenvalue weighted by Gasteiger charge is 2.26. The molecule has 1 amide bonds. The van der Waals surface area contributed by atoms with Crippen molar-refractivity contribution in [3.05, 3.63) is 34.6 Å². The molecule has 3 heterocycles. The van der Waals surface area contributed by atoms with Crippen molar-refractivity contribution in [3.63, 3.8) is 0 Å². The summed E-state index contributed by atoms with van der Waals surface area (Å²) in [6.45, 7) is 8.46. The monoisotopic (exact) mass is 413 g/mol. The summed E-state index contributed by atoms with van der Waals surface area (Å²) in [7, 11) is 0. The van der Waals surface area contributed by atoms with Crippen LogP contribution in [-0.2, 0) is 11.3 Å². The summed E-state index contributed by atoms with van der Waals surface area (Å²) in [5, 5.41) is 9.75. The van der Waals surface area contributed by atoms with Crippen LogP contribution in [0.4, 0.5) is 0 Å². The van der Waals surface area contributed by atoms with Crippen molar-refractivity contribution in [1.82, 2.24) is 24.1 Å². The first kappa shape index (κ1) is 19.9. The molecule has 0 radical (unpaired) electrons. The van der Waals surface area contributed by atoms with Gasteiger partial charge in [-0.15, -0.1) is 10.2 Å². The molecule has 0 unspecified atom stereocenters. The lowest BCUT2D eigenvalue weighted by molar-refractivity contribution is -0.129. The van der Waals surface area contributed by atoms with E-state index in [2.05, 4.69) is 24.0 Å². The van der Waals surface area contributed by atoms with Crippen molar-refractivity contribution in [2.75, 3.05) is 13.1 Å². The molecule has 154 valence electrons. The number of carbonyl (C=O) groups excluding carboxylic acids is 1. The second-order valence-corrected chi connectivity index (χ2v) is 9.37. The van der Waals surface area contributed by atoms with Crippen molar-refractivity contribution >= 4 is 34.3 Å². The number of rotatable bonds is 6. The zero-order chi connectivity index (χ0) is 20.5. The Morgan fingerprint density at radius 1 is 1.14 bits per heavy atom. The van der Waals surface area contributed by atoms with Crippen LogP contribution in [0.5, 0.6) is 0 Å². The Hall–Kier alpha value is -2.35. The third-order valence-electron chi connectivity index (χ3n) is 5.46. The second kappa shape index (κ2) is 8.18. The summed E-state index contributed by atoms with van der Waals surface area (Å²) in [6.07, 6.45) is 3.03. The summed E-state index contributed by atoms with van der Waals surface area (Å²) < 4.78 is 3.64. The number of nitrogens with zero attached hydrogens (tertiary/aromatic N) is 5. The van der Waals surface area contributed by atoms with Gasteiger partial charge in [-0.3, -0.25) is 18.6 Å². The quantitative estimate of drug-likeness (QED) is 0.580. The lowest BCUT2D eigenvalue weighted by Crippen LogP contribution is -2.34. The van der Waals surface area contributed by atoms with E-state index in [-0.39, 0.29) is 16.7 Å². The highest BCUT2D eigenvalue weighted by atomic mass is 32.2. The minimum Gasteiger partial charge on any atom is -0.342 e. The lowest BCUT2D eigenvalue weighted by Gasteiger charge is -2.19. The number of benzene rings is 1. The van der Waals surface area contributed by atoms with Gasteiger partial charge in [-0.05, 0) is 44.2 Å². The predicted octanol–water partition coefficient (Wildman–Crippen LogP) is 3.19. The van der Waals surface area contributed by atoms with Gasteiger partial charge in [0.15, 0.2) is 5.16 Å². The first-order chi connectivity index (χ1) is 14.0. The van der Waals surface area contributed by atoms with E-state index < -0.39 is 0 Å². The lowest BCUT2D eigenvalue weighted by atomic mass is 10.1. The van der Waals surface area contributed by atoms with Crippen LogP contribution in [0.15, 0.2) is 34.2 Å². The molecular formula is C21H27N5O2S. The van der Waals surface area contributed by atoms with Crippen molar-refractivity contribution in [2.24, 2.45) is 5.92 Å². The Kier molecular flexibility index (Phi) is 5.63. The number of fused-ring (bicyclic) bond motifs is 3. The van der Waals surface area contributed by atoms with E-state index in [0.29, 0.717) is 28.8 Å². The molecule has 1 aromatic carbocycles. The molecule has 3 aromatic rings. The highest BCUT2D eigenvalue weighted by Crippen LogP contribution is 2.27. The fourth-order valence-corrected chi connectivity index (χ4v) is 4.74. The number of thioether (sulfide) groups is 1. The molecule has 2 aromatic heterocycles. The van der Waals surface area contributed by atoms with Crippen LogP contribution < -0.4 is 5.56 Å². The minimum atomic E-state index is -0.254. The van der Waals surface area contributed by atoms with Crippen LogP contribution in [0.1, 0.15) is 40.0 Å². The van der Waals surface area contributed by atoms with E-state index in [1.165, 1.54) is 11.8 Å². The van der Waals surface area contributed by atoms with Gasteiger partial charge >= 0.3 is 0 Å². The third kappa shape index (κ3) is 3.77. The van der Waals surface area contributed by atoms with Crippen molar-refractivity contribution in [2.45, 2.75) is 57.0 Å². The standard InChI is InChI=1S/C21H27N5O2S/c1-14(2)10-13-25-19(28)16-8-4-5-9-17(16)26-20(25)22-23-21(26)29-15(3)18(27)24-11-6-7-12-24/h4-5,8-9,14-15H,6-7,10-13H2,1-3H3/t15-/m0/s1. The number of hydrogen-bond donors (Lipinski definition) is 0. The van der Waals surface area contributed by atoms with Crippen LogP contribution in [0.3, 0.4) is 0 Å². The average Bonchev–Trinajstić information content (AvgIpc) is 3.38. The van der Waals surface area contributed by atoms with E-state index in [4.69, 9.17) is 0 Å². The van der Waals surface area contributed by atoms with Gasteiger partial charge in [0, 0.05) is 19.6 Å². The first-order valence-corrected chi connectivity index (χ1v) is 11.2. The van der Waals surface area contributed by atoms with E-state index in [1.54, 1.807) is 4.57 Å². The summed E-state index contributed by atoms with van der Waals surface area (Å²) in [5.41, 5.74) is 0.737. The molecule has 0 bridgehead atoms. The molecule has 1 fully saturated rings. The summed E-state index contributed by atoms with van der Waals surface area (Å²) in [6, 6.07) is 7.54. The van der Waals surface area contributed by atoms with Crippen LogP contribution >= 0.6 is 11.8 Å². The molecule has 1 atom stereocenters. The number of para-hydroxylation sites is 1. The number of aromatic nitrogens is 4. The molecule has 0 aliphatic carbocycles. The zero-order valence-corrected chi connectivity index (χ0v) is 18.0. The second-order valence-electron chi connectivity index (χ2n) is 8.07. The number of hydrogen-bond acceptors (Lipinski definition) is 5. The maximum Gasteiger partial charge on any atom is 0.262 e. The van der Waals surface area contributed by atoms with Gasteiger partial charge in [-0.25, -0.2) is 0 Å². The number of likely N-dealkylation sites (tertiary alicyclic amines) is 1. The fourth-order valence-electron chi connectivity index (χ4n) is 3.80. The minimum absolute atomic E-state index is 0.0427. The van der Waals surface area contributed by atoms with Gasteiger partial charge < -0.3 is 4.90 Å². The highest BCUT2D eigenvalue weighted by molar-refractivity contribution is 8.00. The largest absolute Gasteiger partial charge is 0.342 e. The molecule has 1 saturated heterocycles. The normalized spacial score (nSPS) is 15.7. The van der Waals surface area contributed by atoms with E-state index in [9.17, 15) is 9.59 Å². The van der Waals surface area contributed by atoms with Crippen LogP contribution in [0.25, 0.3) is 16.7 Å². The van der Waals surface area contributed by atoms with Gasteiger partial charge in [0.25, 0.3) is 5.56 Å². The Balaban J connectivity index is 1.77. The molecule has 0 saturated carbocycles. The topological polar surface area (TPSA) is 72.5 Å². The smallest absolute Gasteiger partial charge is 0.262 e. The van der Waals surface area contributed by atoms with Gasteiger partial charge in [-0.2, -0.15) is 0 Å². The molecule has 0 N–H and O–H groups in total. The van der Waals surface area contributed by atoms with Crippen molar-refractivity contribution in [3.8, 4) is 0 Å². The molecule has 4 rings (SSSR count). The number of aryl methyl sites for hydroxylation is 1. The summed E-state index contributed by atoms with van der Waals surface area (Å²) >= 11 is 1.41. The van der Waals surface area contributed by atoms with Gasteiger partial charge in [-0.1, -0.05) is 37.7 Å². The van der Waals surface area contributed by atoms with Crippen LogP contribution in [0, 0.1) is 5.92 Å². The molecule has 8 heteroatoms. The maximum atomic E-state index is 13.1. The van der Waals surface area contributed by atoms with Crippen molar-refractivity contribution in [1.29, 1.82) is 0 Å². The summed E-state index contributed by atoms with van der Waals surface area (Å²) in [5.74, 6) is 1.16. The SMILES string of the molecule is CC(C)CCn1c(=O)c2ccccc2n2c(S[C@@H](C)C(=O)N3CCCC3)nnc12. The third-order valence-corrected chi connectivity index (χ3v) is 6.49. The molecule has 0 spiro atoms. The van der Waals surface area contributed by atoms with E-state index >= 15 is 0 Å². The molecular weight excluding hydrogens is 386 g/mol. The molecule has 1 aliphatic rings. The van der Waals surface area contributed by atoms with Crippen molar-refractivity contribution < 1.29 is 4.79 Å². The average molecular weight is 414 g/mol. The number of amides is 1. The number of carbonyl (C=O) groups is 1. The predicted molar refractivity (Wildman–Crippen MR) is 115 cm³/mol. The Bertz CT molecular complexity index is 1100. The van der Waals surface area contributed by atoms with E-state index in [0.717, 1.165) is 37.9 Å². The Morgan fingerprint density at radius 2 is 1.86 bits per heavy atom. The Morgan fingerprint density at radius 3 is 2.59 bits per heavy atom. The van der Waals surface area contributed by atoms with Gasteiger partial charge in [0.1, 0.15) is 0 Å². The van der Waals surface area contributed by atoms with Crippen LogP contribution in [0.2, 0.25) is 0 Å². The first-order valence-electron chi connectivity index (χ1n) is 10.3. The van der Waals surface area contributed by atoms with Gasteiger partial charge in [0.05, 0.1) is 16.2 Å². The molecule has 7 nitrogen and oxygen atoms in total. The van der Waals surface area contributed by atoms with Crippen LogP contribution in [-0.4, -0.2) is 48.3 Å². The molecule has 1 aliphatic heterocycles. The van der Waals surface area contributed by atoms with E-state index in [1.807, 2.05) is 40.5 Å². The molecule has 29 heavy (non-hydrogen) atoms.